The van der Waals surface area contributed by atoms with Crippen LogP contribution in [0, 0.1) is 6.92 Å². The average Bonchev–Trinajstić information content (AvgIpc) is 2.34. The molecular weight excluding hydrogens is 198 g/mol. The third-order valence-corrected chi connectivity index (χ3v) is 2.73. The first-order valence-electron chi connectivity index (χ1n) is 5.32. The molecule has 0 amide bonds. The highest BCUT2D eigenvalue weighted by molar-refractivity contribution is 5.35. The molecule has 0 aliphatic heterocycles. The second-order valence-corrected chi connectivity index (χ2v) is 3.75. The van der Waals surface area contributed by atoms with Crippen LogP contribution in [0.5, 0.6) is 0 Å². The smallest absolute Gasteiger partial charge is 0.0593 e. The molecule has 0 spiro atoms. The van der Waals surface area contributed by atoms with Crippen LogP contribution >= 0.6 is 0 Å². The predicted octanol–water partition coefficient (Wildman–Crippen LogP) is 2.09. The Labute approximate surface area is 95.5 Å². The van der Waals surface area contributed by atoms with Gasteiger partial charge in [-0.25, -0.2) is 0 Å². The summed E-state index contributed by atoms with van der Waals surface area (Å²) in [6, 6.07) is 10.5. The van der Waals surface area contributed by atoms with Crippen LogP contribution < -0.4 is 5.32 Å². The highest BCUT2D eigenvalue weighted by Gasteiger charge is 2.13. The number of nitrogens with one attached hydrogen (secondary N) is 1. The average molecular weight is 213 g/mol. The van der Waals surface area contributed by atoms with Gasteiger partial charge in [-0.1, -0.05) is 24.3 Å². The summed E-state index contributed by atoms with van der Waals surface area (Å²) in [5.41, 5.74) is 3.68. The highest BCUT2D eigenvalue weighted by atomic mass is 15.1. The zero-order valence-corrected chi connectivity index (χ0v) is 9.51. The maximum absolute atomic E-state index is 3.92. The van der Waals surface area contributed by atoms with E-state index in [9.17, 15) is 0 Å². The number of hydrogen-bond donors (Lipinski definition) is 1. The summed E-state index contributed by atoms with van der Waals surface area (Å²) in [6.45, 7) is 2.12. The molecule has 1 aromatic carbocycles. The molecule has 2 aromatic rings. The molecule has 3 heteroatoms. The van der Waals surface area contributed by atoms with E-state index in [2.05, 4.69) is 46.7 Å². The van der Waals surface area contributed by atoms with Crippen LogP contribution in [-0.4, -0.2) is 17.2 Å². The van der Waals surface area contributed by atoms with Crippen molar-refractivity contribution in [3.63, 3.8) is 0 Å². The monoisotopic (exact) mass is 213 g/mol. The van der Waals surface area contributed by atoms with Gasteiger partial charge in [-0.05, 0) is 36.7 Å². The van der Waals surface area contributed by atoms with Crippen molar-refractivity contribution >= 4 is 0 Å². The van der Waals surface area contributed by atoms with Gasteiger partial charge in [0.1, 0.15) is 0 Å². The molecule has 0 radical (unpaired) electrons. The van der Waals surface area contributed by atoms with Gasteiger partial charge >= 0.3 is 0 Å². The molecule has 2 rings (SSSR count). The molecule has 0 saturated heterocycles. The lowest BCUT2D eigenvalue weighted by molar-refractivity contribution is 0.681. The first-order valence-corrected chi connectivity index (χ1v) is 5.32. The number of aryl methyl sites for hydroxylation is 1. The van der Waals surface area contributed by atoms with Crippen LogP contribution in [0.3, 0.4) is 0 Å². The lowest BCUT2D eigenvalue weighted by Gasteiger charge is -2.18. The van der Waals surface area contributed by atoms with Gasteiger partial charge in [0.2, 0.25) is 0 Å². The topological polar surface area (TPSA) is 37.8 Å². The summed E-state index contributed by atoms with van der Waals surface area (Å²) in [6.07, 6.45) is 3.52. The fourth-order valence-electron chi connectivity index (χ4n) is 1.88. The highest BCUT2D eigenvalue weighted by Crippen LogP contribution is 2.23. The van der Waals surface area contributed by atoms with Crippen molar-refractivity contribution in [3.8, 4) is 0 Å². The van der Waals surface area contributed by atoms with Gasteiger partial charge in [-0.15, -0.1) is 0 Å². The Balaban J connectivity index is 2.41. The van der Waals surface area contributed by atoms with E-state index in [1.165, 1.54) is 11.1 Å². The lowest BCUT2D eigenvalue weighted by atomic mass is 9.97. The quantitative estimate of drug-likeness (QED) is 0.848. The van der Waals surface area contributed by atoms with E-state index >= 15 is 0 Å². The van der Waals surface area contributed by atoms with Crippen LogP contribution in [-0.2, 0) is 0 Å². The van der Waals surface area contributed by atoms with Crippen LogP contribution in [0.25, 0.3) is 0 Å². The molecule has 1 N–H and O–H groups in total. The minimum absolute atomic E-state index is 0.177. The standard InChI is InChI=1S/C13H15N3/c1-10-5-3-4-6-12(10)13(14-2)11-7-8-15-16-9-11/h3-9,13-14H,1-2H3. The molecule has 1 aromatic heterocycles. The number of rotatable bonds is 3. The first-order chi connectivity index (χ1) is 7.83. The molecule has 3 nitrogen and oxygen atoms in total. The van der Waals surface area contributed by atoms with Gasteiger partial charge in [0, 0.05) is 6.20 Å². The second kappa shape index (κ2) is 4.86. The minimum atomic E-state index is 0.177. The van der Waals surface area contributed by atoms with Crippen molar-refractivity contribution in [1.82, 2.24) is 15.5 Å². The number of aromatic nitrogens is 2. The molecule has 16 heavy (non-hydrogen) atoms. The van der Waals surface area contributed by atoms with Crippen molar-refractivity contribution in [2.45, 2.75) is 13.0 Å². The zero-order valence-electron chi connectivity index (χ0n) is 9.51. The zero-order chi connectivity index (χ0) is 11.4. The van der Waals surface area contributed by atoms with Crippen molar-refractivity contribution in [1.29, 1.82) is 0 Å². The molecule has 0 aliphatic rings. The van der Waals surface area contributed by atoms with E-state index in [0.29, 0.717) is 0 Å². The Bertz CT molecular complexity index is 454. The third-order valence-electron chi connectivity index (χ3n) is 2.73. The van der Waals surface area contributed by atoms with E-state index in [0.717, 1.165) is 5.56 Å². The fourth-order valence-corrected chi connectivity index (χ4v) is 1.88. The molecular formula is C13H15N3. The summed E-state index contributed by atoms with van der Waals surface area (Å²) in [5.74, 6) is 0. The first kappa shape index (κ1) is 10.8. The molecule has 0 bridgehead atoms. The molecule has 0 fully saturated rings. The predicted molar refractivity (Wildman–Crippen MR) is 64.1 cm³/mol. The van der Waals surface area contributed by atoms with Gasteiger partial charge in [0.05, 0.1) is 12.2 Å². The van der Waals surface area contributed by atoms with Gasteiger partial charge in [0.15, 0.2) is 0 Å². The van der Waals surface area contributed by atoms with E-state index in [1.807, 2.05) is 13.1 Å². The van der Waals surface area contributed by atoms with Gasteiger partial charge in [-0.3, -0.25) is 0 Å². The second-order valence-electron chi connectivity index (χ2n) is 3.75. The van der Waals surface area contributed by atoms with Crippen molar-refractivity contribution in [3.05, 3.63) is 59.4 Å². The summed E-state index contributed by atoms with van der Waals surface area (Å²) in [5, 5.41) is 11.0. The molecule has 1 atom stereocenters. The Morgan fingerprint density at radius 1 is 1.12 bits per heavy atom. The largest absolute Gasteiger partial charge is 0.309 e. The number of benzene rings is 1. The van der Waals surface area contributed by atoms with Gasteiger partial charge in [-0.2, -0.15) is 10.2 Å². The third kappa shape index (κ3) is 2.09. The Hall–Kier alpha value is -1.74. The van der Waals surface area contributed by atoms with E-state index < -0.39 is 0 Å². The van der Waals surface area contributed by atoms with Gasteiger partial charge < -0.3 is 5.32 Å². The molecule has 82 valence electrons. The Morgan fingerprint density at radius 2 is 1.94 bits per heavy atom. The van der Waals surface area contributed by atoms with Gasteiger partial charge in [0.25, 0.3) is 0 Å². The molecule has 1 heterocycles. The lowest BCUT2D eigenvalue weighted by Crippen LogP contribution is -2.18. The Morgan fingerprint density at radius 3 is 2.56 bits per heavy atom. The van der Waals surface area contributed by atoms with Crippen LogP contribution in [0.15, 0.2) is 42.7 Å². The van der Waals surface area contributed by atoms with Crippen molar-refractivity contribution in [2.75, 3.05) is 7.05 Å². The SMILES string of the molecule is CNC(c1ccnnc1)c1ccccc1C. The summed E-state index contributed by atoms with van der Waals surface area (Å²) in [4.78, 5) is 0. The van der Waals surface area contributed by atoms with E-state index in [1.54, 1.807) is 12.4 Å². The normalized spacial score (nSPS) is 12.4. The maximum atomic E-state index is 3.92. The van der Waals surface area contributed by atoms with Crippen molar-refractivity contribution < 1.29 is 0 Å². The fraction of sp³-hybridized carbons (Fsp3) is 0.231. The number of nitrogens with zero attached hydrogens (tertiary/aromatic N) is 2. The number of hydrogen-bond acceptors (Lipinski definition) is 3. The van der Waals surface area contributed by atoms with Crippen molar-refractivity contribution in [2.24, 2.45) is 0 Å². The molecule has 0 saturated carbocycles. The summed E-state index contributed by atoms with van der Waals surface area (Å²) >= 11 is 0. The molecule has 1 unspecified atom stereocenters. The Kier molecular flexibility index (Phi) is 3.27. The minimum Gasteiger partial charge on any atom is -0.309 e. The van der Waals surface area contributed by atoms with Crippen LogP contribution in [0.2, 0.25) is 0 Å². The van der Waals surface area contributed by atoms with Crippen LogP contribution in [0.1, 0.15) is 22.7 Å². The van der Waals surface area contributed by atoms with Crippen LogP contribution in [0.4, 0.5) is 0 Å². The molecule has 0 aliphatic carbocycles. The summed E-state index contributed by atoms with van der Waals surface area (Å²) < 4.78 is 0. The van der Waals surface area contributed by atoms with E-state index in [-0.39, 0.29) is 6.04 Å². The maximum Gasteiger partial charge on any atom is 0.0593 e. The summed E-state index contributed by atoms with van der Waals surface area (Å²) in [7, 11) is 1.96. The van der Waals surface area contributed by atoms with E-state index in [4.69, 9.17) is 0 Å².